The van der Waals surface area contributed by atoms with Gasteiger partial charge in [-0.2, -0.15) is 0 Å². The molecule has 1 aliphatic carbocycles. The molecule has 0 radical (unpaired) electrons. The van der Waals surface area contributed by atoms with Crippen molar-refractivity contribution >= 4 is 12.4 Å². The number of rotatable bonds is 3. The number of ether oxygens (including phenoxy) is 1. The summed E-state index contributed by atoms with van der Waals surface area (Å²) in [4.78, 5) is 2.64. The van der Waals surface area contributed by atoms with Crippen molar-refractivity contribution in [1.82, 2.24) is 4.90 Å². The van der Waals surface area contributed by atoms with Crippen LogP contribution in [-0.2, 0) is 6.42 Å². The highest BCUT2D eigenvalue weighted by molar-refractivity contribution is 5.85. The predicted molar refractivity (Wildman–Crippen MR) is 81.5 cm³/mol. The Morgan fingerprint density at radius 1 is 1.37 bits per heavy atom. The van der Waals surface area contributed by atoms with Gasteiger partial charge in [-0.25, -0.2) is 0 Å². The maximum Gasteiger partial charge on any atom is 0.122 e. The van der Waals surface area contributed by atoms with Crippen LogP contribution in [0.25, 0.3) is 0 Å². The van der Waals surface area contributed by atoms with E-state index in [-0.39, 0.29) is 12.4 Å². The van der Waals surface area contributed by atoms with Crippen molar-refractivity contribution in [3.05, 3.63) is 29.3 Å². The Bertz CT molecular complexity index is 435. The third kappa shape index (κ3) is 2.61. The van der Waals surface area contributed by atoms with Gasteiger partial charge in [0.1, 0.15) is 5.75 Å². The molecule has 3 heteroatoms. The molecule has 1 heterocycles. The summed E-state index contributed by atoms with van der Waals surface area (Å²) in [7, 11) is 1.80. The van der Waals surface area contributed by atoms with Gasteiger partial charge in [0, 0.05) is 12.1 Å². The van der Waals surface area contributed by atoms with Crippen molar-refractivity contribution in [2.45, 2.75) is 32.1 Å². The number of hydrogen-bond acceptors (Lipinski definition) is 2. The third-order valence-corrected chi connectivity index (χ3v) is 4.59. The predicted octanol–water partition coefficient (Wildman–Crippen LogP) is 3.49. The molecule has 1 fully saturated rings. The van der Waals surface area contributed by atoms with Crippen LogP contribution in [0.4, 0.5) is 0 Å². The smallest absolute Gasteiger partial charge is 0.122 e. The zero-order valence-corrected chi connectivity index (χ0v) is 12.7. The molecule has 0 unspecified atom stereocenters. The summed E-state index contributed by atoms with van der Waals surface area (Å²) < 4.78 is 5.57. The Morgan fingerprint density at radius 2 is 2.21 bits per heavy atom. The Hall–Kier alpha value is -0.730. The number of benzene rings is 1. The van der Waals surface area contributed by atoms with Gasteiger partial charge in [0.2, 0.25) is 0 Å². The van der Waals surface area contributed by atoms with Crippen molar-refractivity contribution in [3.63, 3.8) is 0 Å². The molecular formula is C16H24ClNO. The molecule has 19 heavy (non-hydrogen) atoms. The second kappa shape index (κ2) is 6.15. The molecule has 1 saturated heterocycles. The number of piperidine rings is 1. The lowest BCUT2D eigenvalue weighted by Gasteiger charge is -2.35. The maximum absolute atomic E-state index is 5.57. The van der Waals surface area contributed by atoms with E-state index in [4.69, 9.17) is 4.74 Å². The van der Waals surface area contributed by atoms with E-state index in [0.717, 1.165) is 17.6 Å². The number of nitrogens with zero attached hydrogens (tertiary/aromatic N) is 1. The van der Waals surface area contributed by atoms with Gasteiger partial charge in [0.25, 0.3) is 0 Å². The molecule has 0 aromatic heterocycles. The first kappa shape index (κ1) is 14.7. The fourth-order valence-corrected chi connectivity index (χ4v) is 3.86. The number of likely N-dealkylation sites (tertiary alicyclic amines) is 1. The van der Waals surface area contributed by atoms with Crippen LogP contribution >= 0.6 is 12.4 Å². The molecule has 1 aromatic carbocycles. The van der Waals surface area contributed by atoms with Crippen molar-refractivity contribution in [2.24, 2.45) is 5.92 Å². The summed E-state index contributed by atoms with van der Waals surface area (Å²) in [5, 5.41) is 0. The Morgan fingerprint density at radius 3 is 2.95 bits per heavy atom. The molecular weight excluding hydrogens is 258 g/mol. The average Bonchev–Trinajstić information content (AvgIpc) is 2.76. The van der Waals surface area contributed by atoms with Crippen LogP contribution in [0, 0.1) is 5.92 Å². The van der Waals surface area contributed by atoms with Crippen LogP contribution in [0.2, 0.25) is 0 Å². The summed E-state index contributed by atoms with van der Waals surface area (Å²) in [5.74, 6) is 2.67. The quantitative estimate of drug-likeness (QED) is 0.841. The van der Waals surface area contributed by atoms with Gasteiger partial charge in [-0.05, 0) is 55.8 Å². The Labute approximate surface area is 122 Å². The topological polar surface area (TPSA) is 12.5 Å². The van der Waals surface area contributed by atoms with Crippen LogP contribution in [0.1, 0.15) is 36.8 Å². The van der Waals surface area contributed by atoms with Crippen molar-refractivity contribution in [2.75, 3.05) is 26.7 Å². The molecule has 0 amide bonds. The fourth-order valence-electron chi connectivity index (χ4n) is 3.86. The number of hydrogen-bond donors (Lipinski definition) is 0. The Kier molecular flexibility index (Phi) is 4.75. The van der Waals surface area contributed by atoms with Gasteiger partial charge in [-0.3, -0.25) is 0 Å². The van der Waals surface area contributed by atoms with Gasteiger partial charge in [0.15, 0.2) is 0 Å². The minimum atomic E-state index is 0. The lowest BCUT2D eigenvalue weighted by Crippen LogP contribution is -2.38. The highest BCUT2D eigenvalue weighted by atomic mass is 35.5. The standard InChI is InChI=1S/C16H23NO.ClH/c1-3-8-17-9-7-14-13(11-17)10-12-5-4-6-15(18-2)16(12)14;/h4-6,13-14H,3,7-11H2,1-2H3;1H/t13-,14+;/m0./s1. The van der Waals surface area contributed by atoms with E-state index in [2.05, 4.69) is 30.0 Å². The van der Waals surface area contributed by atoms with Crippen molar-refractivity contribution in [1.29, 1.82) is 0 Å². The number of fused-ring (bicyclic) bond motifs is 3. The minimum absolute atomic E-state index is 0. The van der Waals surface area contributed by atoms with Crippen LogP contribution in [0.5, 0.6) is 5.75 Å². The van der Waals surface area contributed by atoms with E-state index in [9.17, 15) is 0 Å². The van der Waals surface area contributed by atoms with E-state index in [1.807, 2.05) is 0 Å². The van der Waals surface area contributed by atoms with Crippen molar-refractivity contribution in [3.8, 4) is 5.75 Å². The van der Waals surface area contributed by atoms with Crippen LogP contribution in [0.15, 0.2) is 18.2 Å². The number of methoxy groups -OCH3 is 1. The van der Waals surface area contributed by atoms with E-state index >= 15 is 0 Å². The second-order valence-electron chi connectivity index (χ2n) is 5.69. The molecule has 0 N–H and O–H groups in total. The van der Waals surface area contributed by atoms with E-state index in [1.54, 1.807) is 7.11 Å². The summed E-state index contributed by atoms with van der Waals surface area (Å²) in [5.41, 5.74) is 3.05. The molecule has 2 atom stereocenters. The van der Waals surface area contributed by atoms with Crippen LogP contribution < -0.4 is 4.74 Å². The van der Waals surface area contributed by atoms with Gasteiger partial charge in [0.05, 0.1) is 7.11 Å². The molecule has 0 bridgehead atoms. The van der Waals surface area contributed by atoms with Crippen LogP contribution in [0.3, 0.4) is 0 Å². The van der Waals surface area contributed by atoms with E-state index in [1.165, 1.54) is 50.0 Å². The summed E-state index contributed by atoms with van der Waals surface area (Å²) in [6, 6.07) is 6.55. The first-order valence-electron chi connectivity index (χ1n) is 7.21. The molecule has 1 aliphatic heterocycles. The van der Waals surface area contributed by atoms with Gasteiger partial charge >= 0.3 is 0 Å². The molecule has 2 nitrogen and oxygen atoms in total. The molecule has 106 valence electrons. The summed E-state index contributed by atoms with van der Waals surface area (Å²) in [6.45, 7) is 6.07. The first-order valence-corrected chi connectivity index (χ1v) is 7.21. The molecule has 2 aliphatic rings. The Balaban J connectivity index is 0.00000133. The lowest BCUT2D eigenvalue weighted by atomic mass is 9.85. The zero-order valence-electron chi connectivity index (χ0n) is 11.9. The van der Waals surface area contributed by atoms with Crippen molar-refractivity contribution < 1.29 is 4.74 Å². The minimum Gasteiger partial charge on any atom is -0.496 e. The van der Waals surface area contributed by atoms with Gasteiger partial charge in [-0.15, -0.1) is 12.4 Å². The molecule has 0 spiro atoms. The SMILES string of the molecule is CCCN1CC[C@H]2c3c(cccc3OC)C[C@H]2C1.Cl. The third-order valence-electron chi connectivity index (χ3n) is 4.59. The molecule has 1 aromatic rings. The first-order chi connectivity index (χ1) is 8.83. The van der Waals surface area contributed by atoms with Gasteiger partial charge in [-0.1, -0.05) is 19.1 Å². The largest absolute Gasteiger partial charge is 0.496 e. The average molecular weight is 282 g/mol. The maximum atomic E-state index is 5.57. The van der Waals surface area contributed by atoms with E-state index in [0.29, 0.717) is 0 Å². The molecule has 0 saturated carbocycles. The fraction of sp³-hybridized carbons (Fsp3) is 0.625. The lowest BCUT2D eigenvalue weighted by molar-refractivity contribution is 0.162. The highest BCUT2D eigenvalue weighted by Gasteiger charge is 2.38. The summed E-state index contributed by atoms with van der Waals surface area (Å²) in [6.07, 6.45) is 3.82. The zero-order chi connectivity index (χ0) is 12.5. The summed E-state index contributed by atoms with van der Waals surface area (Å²) >= 11 is 0. The van der Waals surface area contributed by atoms with Crippen LogP contribution in [-0.4, -0.2) is 31.6 Å². The van der Waals surface area contributed by atoms with Gasteiger partial charge < -0.3 is 9.64 Å². The second-order valence-corrected chi connectivity index (χ2v) is 5.69. The normalized spacial score (nSPS) is 25.4. The van der Waals surface area contributed by atoms with E-state index < -0.39 is 0 Å². The number of halogens is 1. The monoisotopic (exact) mass is 281 g/mol. The highest BCUT2D eigenvalue weighted by Crippen LogP contribution is 2.46. The molecule has 3 rings (SSSR count).